The van der Waals surface area contributed by atoms with Crippen molar-refractivity contribution >= 4 is 49.2 Å². The monoisotopic (exact) mass is 998 g/mol. The number of pyridine rings is 2. The van der Waals surface area contributed by atoms with Crippen LogP contribution in [0.5, 0.6) is 0 Å². The summed E-state index contributed by atoms with van der Waals surface area (Å²) in [4.78, 5) is 9.09. The van der Waals surface area contributed by atoms with Crippen molar-refractivity contribution in [2.75, 3.05) is 0 Å². The number of nitriles is 1. The van der Waals surface area contributed by atoms with E-state index in [9.17, 15) is 4.39 Å². The van der Waals surface area contributed by atoms with Gasteiger partial charge in [0, 0.05) is 33.7 Å². The fourth-order valence-corrected chi connectivity index (χ4v) is 11.4. The molecular formula is C49H48FGeIrN3S-2. The summed E-state index contributed by atoms with van der Waals surface area (Å²) in [5, 5.41) is 11.2. The van der Waals surface area contributed by atoms with Gasteiger partial charge in [-0.05, 0) is 95.7 Å². The summed E-state index contributed by atoms with van der Waals surface area (Å²) >= 11 is -0.0672. The molecule has 1 aliphatic rings. The molecule has 7 aromatic rings. The first-order chi connectivity index (χ1) is 27.1. The molecule has 4 aromatic carbocycles. The van der Waals surface area contributed by atoms with E-state index in [-0.39, 0.29) is 31.6 Å². The summed E-state index contributed by atoms with van der Waals surface area (Å²) in [6, 6.07) is 32.0. The van der Waals surface area contributed by atoms with Crippen LogP contribution in [0.1, 0.15) is 68.2 Å². The predicted octanol–water partition coefficient (Wildman–Crippen LogP) is 13.0. The minimum absolute atomic E-state index is 0. The van der Waals surface area contributed by atoms with Crippen molar-refractivity contribution in [2.45, 2.75) is 83.4 Å². The molecule has 56 heavy (non-hydrogen) atoms. The zero-order valence-corrected chi connectivity index (χ0v) is 38.5. The number of nitrogens with zero attached hydrogens (tertiary/aromatic N) is 3. The van der Waals surface area contributed by atoms with Gasteiger partial charge in [0.25, 0.3) is 0 Å². The second-order valence-corrected chi connectivity index (χ2v) is 27.7. The zero-order chi connectivity index (χ0) is 40.6. The van der Waals surface area contributed by atoms with E-state index in [1.54, 1.807) is 23.6 Å². The Hall–Kier alpha value is -3.99. The minimum atomic E-state index is -1.86. The number of hydrogen-bond acceptors (Lipinski definition) is 4. The maximum absolute atomic E-state index is 13.5. The first-order valence-electron chi connectivity index (χ1n) is 20.2. The molecule has 3 heterocycles. The van der Waals surface area contributed by atoms with Crippen molar-refractivity contribution in [1.29, 1.82) is 5.26 Å². The van der Waals surface area contributed by atoms with Gasteiger partial charge in [0.2, 0.25) is 0 Å². The summed E-state index contributed by atoms with van der Waals surface area (Å²) in [5.74, 6) is 6.43. The van der Waals surface area contributed by atoms with E-state index in [1.165, 1.54) is 76.5 Å². The van der Waals surface area contributed by atoms with E-state index in [4.69, 9.17) is 13.0 Å². The number of halogens is 1. The molecule has 8 rings (SSSR count). The maximum Gasteiger partial charge on any atom is 0 e. The molecule has 0 aliphatic heterocycles. The summed E-state index contributed by atoms with van der Waals surface area (Å²) < 4.78 is 35.3. The summed E-state index contributed by atoms with van der Waals surface area (Å²) in [6.07, 6.45) is 7.70. The molecule has 0 bridgehead atoms. The van der Waals surface area contributed by atoms with Gasteiger partial charge in [0.05, 0.1) is 0 Å². The number of rotatable bonds is 6. The number of thiophene rings is 1. The smallest absolute Gasteiger partial charge is 0 e. The van der Waals surface area contributed by atoms with Gasteiger partial charge in [-0.15, -0.1) is 23.8 Å². The minimum Gasteiger partial charge on any atom is 0 e. The Morgan fingerprint density at radius 2 is 1.64 bits per heavy atom. The molecule has 1 radical (unpaired) electrons. The number of benzene rings is 4. The third kappa shape index (κ3) is 9.08. The molecule has 3 nitrogen and oxygen atoms in total. The van der Waals surface area contributed by atoms with Crippen molar-refractivity contribution in [3.8, 4) is 39.7 Å². The van der Waals surface area contributed by atoms with Gasteiger partial charge in [-0.2, -0.15) is 11.3 Å². The van der Waals surface area contributed by atoms with Gasteiger partial charge >= 0.3 is 115 Å². The molecule has 3 aromatic heterocycles. The average Bonchev–Trinajstić information content (AvgIpc) is 3.57. The second kappa shape index (κ2) is 17.7. The first kappa shape index (κ1) is 38.9. The summed E-state index contributed by atoms with van der Waals surface area (Å²) in [5.41, 5.74) is 11.6. The van der Waals surface area contributed by atoms with Gasteiger partial charge in [-0.1, -0.05) is 72.9 Å². The van der Waals surface area contributed by atoms with Crippen LogP contribution in [0.4, 0.5) is 4.39 Å². The van der Waals surface area contributed by atoms with E-state index >= 15 is 0 Å². The molecule has 0 N–H and O–H groups in total. The SMILES string of the molecule is [2H]C([2H])(c1ccnc(-c2[c-]ccc3c2sc2cc(-c4c(C)cc(C)cc4C)cc(C)c23)c1)C1CCCCC1.[CH3][Ge]([CH3])([CH3])[c]1ccc(-c2[c-]cc(C#N)c(F)c2)nc1.[Ir]. The molecule has 0 unspecified atom stereocenters. The van der Waals surface area contributed by atoms with Crippen molar-refractivity contribution in [3.05, 3.63) is 137 Å². The van der Waals surface area contributed by atoms with Gasteiger partial charge in [-0.25, -0.2) is 0 Å². The van der Waals surface area contributed by atoms with E-state index in [0.29, 0.717) is 11.3 Å². The Morgan fingerprint density at radius 1 is 0.893 bits per heavy atom. The van der Waals surface area contributed by atoms with Gasteiger partial charge in [0.15, 0.2) is 0 Å². The van der Waals surface area contributed by atoms with Gasteiger partial charge < -0.3 is 4.98 Å². The molecule has 0 amide bonds. The molecule has 0 saturated heterocycles. The third-order valence-electron chi connectivity index (χ3n) is 10.6. The van der Waals surface area contributed by atoms with Crippen LogP contribution < -0.4 is 4.40 Å². The Morgan fingerprint density at radius 3 is 2.30 bits per heavy atom. The molecule has 1 fully saturated rings. The van der Waals surface area contributed by atoms with E-state index < -0.39 is 25.5 Å². The number of aromatic nitrogens is 2. The van der Waals surface area contributed by atoms with Crippen LogP contribution in [0, 0.1) is 62.9 Å². The largest absolute Gasteiger partial charge is 0 e. The predicted molar refractivity (Wildman–Crippen MR) is 232 cm³/mol. The zero-order valence-electron chi connectivity index (χ0n) is 35.2. The topological polar surface area (TPSA) is 49.6 Å². The van der Waals surface area contributed by atoms with Gasteiger partial charge in [0.1, 0.15) is 0 Å². The first-order valence-corrected chi connectivity index (χ1v) is 27.3. The fraction of sp³-hybridized carbons (Fsp3) is 0.286. The van der Waals surface area contributed by atoms with Crippen LogP contribution in [-0.2, 0) is 26.5 Å². The van der Waals surface area contributed by atoms with E-state index in [1.807, 2.05) is 30.5 Å². The molecule has 1 aliphatic carbocycles. The van der Waals surface area contributed by atoms with Crippen LogP contribution >= 0.6 is 11.3 Å². The van der Waals surface area contributed by atoms with Crippen molar-refractivity contribution in [1.82, 2.24) is 9.97 Å². The Labute approximate surface area is 355 Å². The molecule has 0 atom stereocenters. The normalized spacial score (nSPS) is 14.0. The average molecular weight is 997 g/mol. The van der Waals surface area contributed by atoms with Crippen molar-refractivity contribution in [2.24, 2.45) is 5.92 Å². The Bertz CT molecular complexity index is 2630. The molecule has 1 saturated carbocycles. The molecular weight excluding hydrogens is 946 g/mol. The van der Waals surface area contributed by atoms with Gasteiger partial charge in [-0.3, -0.25) is 0 Å². The van der Waals surface area contributed by atoms with Crippen molar-refractivity contribution < 1.29 is 27.2 Å². The fourth-order valence-electron chi connectivity index (χ4n) is 7.88. The van der Waals surface area contributed by atoms with Crippen LogP contribution in [0.15, 0.2) is 85.2 Å². The summed E-state index contributed by atoms with van der Waals surface area (Å²) in [6.45, 7) is 8.78. The quantitative estimate of drug-likeness (QED) is 0.123. The van der Waals surface area contributed by atoms with Crippen LogP contribution in [-0.4, -0.2) is 23.2 Å². The number of hydrogen-bond donors (Lipinski definition) is 0. The van der Waals surface area contributed by atoms with Crippen LogP contribution in [0.25, 0.3) is 53.8 Å². The van der Waals surface area contributed by atoms with E-state index in [0.717, 1.165) is 42.5 Å². The van der Waals surface area contributed by atoms with Crippen LogP contribution in [0.2, 0.25) is 17.3 Å². The standard InChI is InChI=1S/C34H34NS.C15H14FGeN2.Ir/c1-21-15-22(2)32(23(3)16-21)27-17-24(4)33-29-12-8-11-28(34(29)36-31(33)20-27)30-19-26(13-14-35-30)18-25-9-6-5-7-10-25;1-17(2,3)13-6-7-15(19-10-13)11-4-5-12(9-18)14(16)8-11;/h8,12-17,19-20,25H,5-7,9-10,18H2,1-4H3;5-8,10H,1-3H3;/q2*-1;/i18D2;;. The number of aryl methyl sites for hydroxylation is 4. The molecule has 287 valence electrons. The van der Waals surface area contributed by atoms with Crippen molar-refractivity contribution in [3.63, 3.8) is 0 Å². The summed E-state index contributed by atoms with van der Waals surface area (Å²) in [7, 11) is 0. The Kier molecular flexibility index (Phi) is 12.3. The maximum atomic E-state index is 13.5. The van der Waals surface area contributed by atoms with Crippen LogP contribution in [0.3, 0.4) is 0 Å². The molecule has 7 heteroatoms. The number of fused-ring (bicyclic) bond motifs is 3. The second-order valence-electron chi connectivity index (χ2n) is 15.9. The Balaban J connectivity index is 0.000000240. The van der Waals surface area contributed by atoms with E-state index in [2.05, 4.69) is 98.5 Å². The third-order valence-corrected chi connectivity index (χ3v) is 16.0. The molecule has 0 spiro atoms.